The zero-order chi connectivity index (χ0) is 22.2. The van der Waals surface area contributed by atoms with E-state index in [0.717, 1.165) is 12.8 Å². The molecule has 0 radical (unpaired) electrons. The van der Waals surface area contributed by atoms with Gasteiger partial charge in [-0.15, -0.1) is 0 Å². The van der Waals surface area contributed by atoms with Crippen molar-refractivity contribution in [2.75, 3.05) is 10.0 Å². The number of carbonyl (C=O) groups is 1. The molecule has 4 N–H and O–H groups in total. The average molecular weight is 497 g/mol. The van der Waals surface area contributed by atoms with Crippen molar-refractivity contribution in [3.05, 3.63) is 45.9 Å². The summed E-state index contributed by atoms with van der Waals surface area (Å²) in [6, 6.07) is 7.81. The van der Waals surface area contributed by atoms with Crippen LogP contribution in [0.5, 0.6) is 5.75 Å². The van der Waals surface area contributed by atoms with Gasteiger partial charge in [0.1, 0.15) is 10.5 Å². The van der Waals surface area contributed by atoms with Crippen LogP contribution in [0, 0.1) is 5.92 Å². The second-order valence-electron chi connectivity index (χ2n) is 7.97. The highest BCUT2D eigenvalue weighted by Gasteiger charge is 2.29. The lowest BCUT2D eigenvalue weighted by atomic mass is 10.0. The predicted octanol–water partition coefficient (Wildman–Crippen LogP) is 4.99. The quantitative estimate of drug-likeness (QED) is 0.382. The largest absolute Gasteiger partial charge is 0.505 e. The molecule has 0 heterocycles. The Bertz CT molecular complexity index is 1080. The van der Waals surface area contributed by atoms with Gasteiger partial charge in [-0.2, -0.15) is 0 Å². The van der Waals surface area contributed by atoms with Crippen molar-refractivity contribution in [2.45, 2.75) is 50.5 Å². The molecule has 0 aliphatic heterocycles. The molecule has 1 aliphatic rings. The van der Waals surface area contributed by atoms with Crippen LogP contribution >= 0.6 is 15.9 Å². The number of aromatic hydroxyl groups is 1. The molecule has 0 amide bonds. The maximum absolute atomic E-state index is 13.2. The lowest BCUT2D eigenvalue weighted by Crippen LogP contribution is -2.24. The molecule has 2 aromatic carbocycles. The molecule has 0 bridgehead atoms. The molecule has 1 saturated carbocycles. The monoisotopic (exact) mass is 496 g/mol. The van der Waals surface area contributed by atoms with Crippen LogP contribution in [0.1, 0.15) is 55.5 Å². The maximum atomic E-state index is 13.2. The van der Waals surface area contributed by atoms with Crippen molar-refractivity contribution in [2.24, 2.45) is 5.92 Å². The summed E-state index contributed by atoms with van der Waals surface area (Å²) < 4.78 is 29.4. The molecule has 30 heavy (non-hydrogen) atoms. The van der Waals surface area contributed by atoms with Gasteiger partial charge in [-0.25, -0.2) is 13.2 Å². The summed E-state index contributed by atoms with van der Waals surface area (Å²) in [7, 11) is -4.12. The Morgan fingerprint density at radius 2 is 1.80 bits per heavy atom. The highest BCUT2D eigenvalue weighted by molar-refractivity contribution is 9.10. The first-order valence-electron chi connectivity index (χ1n) is 9.68. The number of aromatic carboxylic acids is 1. The number of rotatable bonds is 8. The molecule has 162 valence electrons. The van der Waals surface area contributed by atoms with Crippen molar-refractivity contribution >= 4 is 43.3 Å². The fourth-order valence-corrected chi connectivity index (χ4v) is 4.77. The van der Waals surface area contributed by atoms with Crippen molar-refractivity contribution in [1.29, 1.82) is 0 Å². The first kappa shape index (κ1) is 22.4. The van der Waals surface area contributed by atoms with E-state index >= 15 is 0 Å². The maximum Gasteiger partial charge on any atom is 0.339 e. The minimum atomic E-state index is -4.12. The van der Waals surface area contributed by atoms with Gasteiger partial charge in [-0.3, -0.25) is 4.72 Å². The number of halogens is 1. The summed E-state index contributed by atoms with van der Waals surface area (Å²) in [4.78, 5) is 11.5. The first-order valence-corrected chi connectivity index (χ1v) is 12.0. The van der Waals surface area contributed by atoms with Crippen molar-refractivity contribution in [3.8, 4) is 5.75 Å². The highest BCUT2D eigenvalue weighted by atomic mass is 79.9. The molecule has 1 atom stereocenters. The zero-order valence-corrected chi connectivity index (χ0v) is 19.3. The lowest BCUT2D eigenvalue weighted by molar-refractivity contribution is 0.0693. The summed E-state index contributed by atoms with van der Waals surface area (Å²) in [6.07, 6.45) is 1.81. The average Bonchev–Trinajstić information content (AvgIpc) is 3.49. The number of carboxylic acid groups (broad SMARTS) is 1. The Labute approximate surface area is 184 Å². The molecule has 2 aromatic rings. The number of anilines is 2. The number of carboxylic acids is 1. The molecule has 7 nitrogen and oxygen atoms in total. The van der Waals surface area contributed by atoms with Crippen LogP contribution < -0.4 is 10.0 Å². The third-order valence-electron chi connectivity index (χ3n) is 5.27. The number of sulfonamides is 1. The standard InChI is InChI=1S/C21H25BrN2O5S/c1-11(2)12(3)23-17-7-6-15(22)10-19(17)30(28,29)24-18-9-14(13-4-5-13)8-16(20(18)25)21(26)27/h6-13,23-25H,4-5H2,1-3H3,(H,26,27)/t12-/m0/s1. The van der Waals surface area contributed by atoms with E-state index in [1.807, 2.05) is 20.8 Å². The molecular weight excluding hydrogens is 472 g/mol. The highest BCUT2D eigenvalue weighted by Crippen LogP contribution is 2.44. The molecule has 0 spiro atoms. The first-order chi connectivity index (χ1) is 14.0. The van der Waals surface area contributed by atoms with Crippen molar-refractivity contribution < 1.29 is 23.4 Å². The van der Waals surface area contributed by atoms with Gasteiger partial charge in [0, 0.05) is 10.5 Å². The predicted molar refractivity (Wildman–Crippen MR) is 120 cm³/mol. The van der Waals surface area contributed by atoms with E-state index in [0.29, 0.717) is 15.7 Å². The fourth-order valence-electron chi connectivity index (χ4n) is 3.00. The Morgan fingerprint density at radius 1 is 1.13 bits per heavy atom. The van der Waals surface area contributed by atoms with Gasteiger partial charge in [0.2, 0.25) is 0 Å². The Morgan fingerprint density at radius 3 is 2.37 bits per heavy atom. The molecule has 0 saturated heterocycles. The second-order valence-corrected chi connectivity index (χ2v) is 10.5. The third-order valence-corrected chi connectivity index (χ3v) is 7.17. The van der Waals surface area contributed by atoms with E-state index in [-0.39, 0.29) is 34.0 Å². The van der Waals surface area contributed by atoms with E-state index in [9.17, 15) is 23.4 Å². The van der Waals surface area contributed by atoms with Crippen LogP contribution in [0.25, 0.3) is 0 Å². The van der Waals surface area contributed by atoms with Gasteiger partial charge in [0.15, 0.2) is 5.75 Å². The van der Waals surface area contributed by atoms with E-state index in [1.54, 1.807) is 12.1 Å². The Balaban J connectivity index is 2.03. The number of benzene rings is 2. The molecule has 0 aromatic heterocycles. The van der Waals surface area contributed by atoms with Crippen LogP contribution in [-0.4, -0.2) is 30.6 Å². The van der Waals surface area contributed by atoms with Gasteiger partial charge < -0.3 is 15.5 Å². The van der Waals surface area contributed by atoms with Gasteiger partial charge in [-0.1, -0.05) is 29.8 Å². The summed E-state index contributed by atoms with van der Waals surface area (Å²) in [5, 5.41) is 23.0. The summed E-state index contributed by atoms with van der Waals surface area (Å²) in [6.45, 7) is 6.01. The third kappa shape index (κ3) is 4.89. The van der Waals surface area contributed by atoms with Gasteiger partial charge in [-0.05, 0) is 67.5 Å². The van der Waals surface area contributed by atoms with Crippen LogP contribution in [0.4, 0.5) is 11.4 Å². The zero-order valence-electron chi connectivity index (χ0n) is 16.9. The summed E-state index contributed by atoms with van der Waals surface area (Å²) in [5.74, 6) is -1.46. The Hall–Kier alpha value is -2.26. The van der Waals surface area contributed by atoms with E-state index in [1.165, 1.54) is 18.2 Å². The summed E-state index contributed by atoms with van der Waals surface area (Å²) >= 11 is 3.31. The number of hydrogen-bond acceptors (Lipinski definition) is 5. The van der Waals surface area contributed by atoms with Gasteiger partial charge in [0.05, 0.1) is 11.4 Å². The van der Waals surface area contributed by atoms with Crippen molar-refractivity contribution in [3.63, 3.8) is 0 Å². The number of nitrogens with one attached hydrogen (secondary N) is 2. The normalized spacial score (nSPS) is 15.1. The van der Waals surface area contributed by atoms with Crippen molar-refractivity contribution in [1.82, 2.24) is 0 Å². The van der Waals surface area contributed by atoms with Crippen LogP contribution in [0.15, 0.2) is 39.7 Å². The van der Waals surface area contributed by atoms with Gasteiger partial charge in [0.25, 0.3) is 10.0 Å². The minimum Gasteiger partial charge on any atom is -0.505 e. The lowest BCUT2D eigenvalue weighted by Gasteiger charge is -2.22. The number of hydrogen-bond donors (Lipinski definition) is 4. The molecule has 3 rings (SSSR count). The minimum absolute atomic E-state index is 0.00234. The SMILES string of the molecule is CC(C)[C@H](C)Nc1ccc(Br)cc1S(=O)(=O)Nc1cc(C2CC2)cc(C(=O)O)c1O. The van der Waals surface area contributed by atoms with Crippen LogP contribution in [0.3, 0.4) is 0 Å². The number of phenols is 1. The molecule has 1 aliphatic carbocycles. The molecule has 9 heteroatoms. The van der Waals surface area contributed by atoms with Gasteiger partial charge >= 0.3 is 5.97 Å². The van der Waals surface area contributed by atoms with Crippen LogP contribution in [-0.2, 0) is 10.0 Å². The fraction of sp³-hybridized carbons (Fsp3) is 0.381. The smallest absolute Gasteiger partial charge is 0.339 e. The van der Waals surface area contributed by atoms with E-state index < -0.39 is 21.7 Å². The topological polar surface area (TPSA) is 116 Å². The molecule has 1 fully saturated rings. The van der Waals surface area contributed by atoms with E-state index in [2.05, 4.69) is 26.0 Å². The second kappa shape index (κ2) is 8.47. The molecule has 0 unspecified atom stereocenters. The Kier molecular flexibility index (Phi) is 6.33. The van der Waals surface area contributed by atoms with Crippen LogP contribution in [0.2, 0.25) is 0 Å². The van der Waals surface area contributed by atoms with E-state index in [4.69, 9.17) is 0 Å². The molecular formula is C21H25BrN2O5S. The summed E-state index contributed by atoms with van der Waals surface area (Å²) in [5.41, 5.74) is 0.657.